The van der Waals surface area contributed by atoms with E-state index in [1.165, 1.54) is 38.6 Å². The van der Waals surface area contributed by atoms with Crippen molar-refractivity contribution in [3.05, 3.63) is 0 Å². The second kappa shape index (κ2) is 5.53. The first-order valence-corrected chi connectivity index (χ1v) is 9.09. The zero-order valence-corrected chi connectivity index (χ0v) is 14.8. The van der Waals surface area contributed by atoms with E-state index >= 15 is 0 Å². The van der Waals surface area contributed by atoms with Crippen LogP contribution in [0.4, 0.5) is 0 Å². The summed E-state index contributed by atoms with van der Waals surface area (Å²) in [5.41, 5.74) is 1.02. The highest BCUT2D eigenvalue weighted by molar-refractivity contribution is 5.05. The Morgan fingerprint density at radius 2 is 2.00 bits per heavy atom. The van der Waals surface area contributed by atoms with Crippen molar-refractivity contribution in [1.29, 1.82) is 0 Å². The van der Waals surface area contributed by atoms with Crippen LogP contribution in [0.25, 0.3) is 0 Å². The molecule has 1 heterocycles. The van der Waals surface area contributed by atoms with Crippen molar-refractivity contribution in [2.24, 2.45) is 34.5 Å². The van der Waals surface area contributed by atoms with Crippen molar-refractivity contribution < 1.29 is 4.74 Å². The standard InChI is InChI=1S/C19H35NO/c1-14(2)9-19(11-20(5)13-21-12-19)10-15-6-7-16-8-17(15)18(16,3)4/h14-17H,6-13H2,1-5H3/t15-,16-,17-,19?/m0/s1. The van der Waals surface area contributed by atoms with Gasteiger partial charge in [0.05, 0.1) is 13.3 Å². The Hall–Kier alpha value is -0.0800. The molecule has 2 heteroatoms. The molecular formula is C19H35NO. The molecule has 21 heavy (non-hydrogen) atoms. The summed E-state index contributed by atoms with van der Waals surface area (Å²) in [5.74, 6) is 3.71. The van der Waals surface area contributed by atoms with Crippen LogP contribution in [0.15, 0.2) is 0 Å². The molecular weight excluding hydrogens is 258 g/mol. The van der Waals surface area contributed by atoms with E-state index in [0.29, 0.717) is 10.8 Å². The van der Waals surface area contributed by atoms with Gasteiger partial charge < -0.3 is 4.74 Å². The maximum Gasteiger partial charge on any atom is 0.0988 e. The fourth-order valence-corrected chi connectivity index (χ4v) is 6.04. The molecule has 122 valence electrons. The van der Waals surface area contributed by atoms with Crippen molar-refractivity contribution in [3.63, 3.8) is 0 Å². The van der Waals surface area contributed by atoms with E-state index in [2.05, 4.69) is 39.6 Å². The molecule has 0 radical (unpaired) electrons. The Bertz CT molecular complexity index is 372. The predicted octanol–water partition coefficient (Wildman–Crippen LogP) is 4.40. The van der Waals surface area contributed by atoms with Crippen molar-refractivity contribution in [2.75, 3.05) is 26.9 Å². The van der Waals surface area contributed by atoms with E-state index < -0.39 is 0 Å². The lowest BCUT2D eigenvalue weighted by molar-refractivity contribution is -0.143. The lowest BCUT2D eigenvalue weighted by Gasteiger charge is -2.61. The van der Waals surface area contributed by atoms with E-state index in [1.54, 1.807) is 0 Å². The summed E-state index contributed by atoms with van der Waals surface area (Å²) >= 11 is 0. The van der Waals surface area contributed by atoms with Crippen LogP contribution < -0.4 is 0 Å². The Labute approximate surface area is 131 Å². The van der Waals surface area contributed by atoms with Gasteiger partial charge in [0.15, 0.2) is 0 Å². The minimum atomic E-state index is 0.407. The van der Waals surface area contributed by atoms with Gasteiger partial charge in [-0.1, -0.05) is 27.7 Å². The maximum atomic E-state index is 5.97. The highest BCUT2D eigenvalue weighted by Gasteiger charge is 2.55. The lowest BCUT2D eigenvalue weighted by atomic mass is 9.44. The molecule has 0 aromatic rings. The van der Waals surface area contributed by atoms with Crippen molar-refractivity contribution in [2.45, 2.75) is 59.8 Å². The molecule has 2 bridgehead atoms. The molecule has 1 unspecified atom stereocenters. The summed E-state index contributed by atoms with van der Waals surface area (Å²) in [6, 6.07) is 0. The van der Waals surface area contributed by atoms with Crippen LogP contribution >= 0.6 is 0 Å². The zero-order chi connectivity index (χ0) is 15.3. The SMILES string of the molecule is CC(C)CC1(C[C@@H]2CC[C@H]3C[C@@H]2C3(C)C)COCN(C)C1. The monoisotopic (exact) mass is 293 g/mol. The number of fused-ring (bicyclic) bond motifs is 2. The number of ether oxygens (including phenoxy) is 1. The van der Waals surface area contributed by atoms with Gasteiger partial charge in [-0.2, -0.15) is 0 Å². The van der Waals surface area contributed by atoms with Gasteiger partial charge in [-0.3, -0.25) is 4.90 Å². The normalized spacial score (nSPS) is 42.9. The number of nitrogens with zero attached hydrogens (tertiary/aromatic N) is 1. The van der Waals surface area contributed by atoms with Crippen molar-refractivity contribution in [3.8, 4) is 0 Å². The molecule has 1 aliphatic heterocycles. The van der Waals surface area contributed by atoms with Crippen LogP contribution in [-0.2, 0) is 4.74 Å². The molecule has 0 aromatic heterocycles. The van der Waals surface area contributed by atoms with E-state index in [0.717, 1.165) is 37.0 Å². The maximum absolute atomic E-state index is 5.97. The van der Waals surface area contributed by atoms with Gasteiger partial charge in [-0.15, -0.1) is 0 Å². The number of hydrogen-bond acceptors (Lipinski definition) is 2. The molecule has 0 amide bonds. The van der Waals surface area contributed by atoms with Crippen LogP contribution in [0, 0.1) is 34.5 Å². The van der Waals surface area contributed by atoms with Gasteiger partial charge in [0.2, 0.25) is 0 Å². The largest absolute Gasteiger partial charge is 0.365 e. The van der Waals surface area contributed by atoms with Crippen LogP contribution in [0.2, 0.25) is 0 Å². The minimum absolute atomic E-state index is 0.407. The quantitative estimate of drug-likeness (QED) is 0.761. The van der Waals surface area contributed by atoms with E-state index in [1.807, 2.05) is 0 Å². The van der Waals surface area contributed by atoms with E-state index in [-0.39, 0.29) is 0 Å². The van der Waals surface area contributed by atoms with Gasteiger partial charge >= 0.3 is 0 Å². The molecule has 3 saturated carbocycles. The first-order chi connectivity index (χ1) is 9.82. The molecule has 4 atom stereocenters. The van der Waals surface area contributed by atoms with Crippen LogP contribution in [0.5, 0.6) is 0 Å². The molecule has 0 spiro atoms. The van der Waals surface area contributed by atoms with Crippen molar-refractivity contribution in [1.82, 2.24) is 4.90 Å². The molecule has 0 N–H and O–H groups in total. The van der Waals surface area contributed by atoms with Crippen molar-refractivity contribution >= 4 is 0 Å². The highest BCUT2D eigenvalue weighted by Crippen LogP contribution is 2.63. The second-order valence-corrected chi connectivity index (χ2v) is 9.49. The van der Waals surface area contributed by atoms with Gasteiger partial charge in [0.25, 0.3) is 0 Å². The number of rotatable bonds is 4. The summed E-state index contributed by atoms with van der Waals surface area (Å²) in [6.45, 7) is 12.8. The fraction of sp³-hybridized carbons (Fsp3) is 1.00. The molecule has 4 aliphatic rings. The van der Waals surface area contributed by atoms with Gasteiger partial charge in [-0.25, -0.2) is 0 Å². The van der Waals surface area contributed by atoms with Crippen LogP contribution in [-0.4, -0.2) is 31.8 Å². The predicted molar refractivity (Wildman–Crippen MR) is 88.1 cm³/mol. The summed E-state index contributed by atoms with van der Waals surface area (Å²) in [7, 11) is 2.22. The minimum Gasteiger partial charge on any atom is -0.365 e. The molecule has 4 rings (SSSR count). The molecule has 2 nitrogen and oxygen atoms in total. The Morgan fingerprint density at radius 1 is 1.24 bits per heavy atom. The summed E-state index contributed by atoms with van der Waals surface area (Å²) in [4.78, 5) is 2.39. The number of hydrogen-bond donors (Lipinski definition) is 0. The average Bonchev–Trinajstić information content (AvgIpc) is 2.37. The Balaban J connectivity index is 1.72. The third kappa shape index (κ3) is 2.91. The van der Waals surface area contributed by atoms with E-state index in [4.69, 9.17) is 4.74 Å². The summed E-state index contributed by atoms with van der Waals surface area (Å²) < 4.78 is 5.97. The third-order valence-electron chi connectivity index (χ3n) is 6.86. The van der Waals surface area contributed by atoms with Crippen LogP contribution in [0.3, 0.4) is 0 Å². The molecule has 0 aromatic carbocycles. The van der Waals surface area contributed by atoms with Gasteiger partial charge in [0.1, 0.15) is 0 Å². The highest BCUT2D eigenvalue weighted by atomic mass is 16.5. The van der Waals surface area contributed by atoms with Gasteiger partial charge in [0, 0.05) is 12.0 Å². The summed E-state index contributed by atoms with van der Waals surface area (Å²) in [6.07, 6.45) is 7.18. The zero-order valence-electron chi connectivity index (χ0n) is 14.8. The smallest absolute Gasteiger partial charge is 0.0988 e. The molecule has 4 fully saturated rings. The van der Waals surface area contributed by atoms with Gasteiger partial charge in [-0.05, 0) is 68.2 Å². The lowest BCUT2D eigenvalue weighted by Crippen LogP contribution is -2.55. The Morgan fingerprint density at radius 3 is 2.57 bits per heavy atom. The second-order valence-electron chi connectivity index (χ2n) is 9.49. The third-order valence-corrected chi connectivity index (χ3v) is 6.86. The molecule has 3 aliphatic carbocycles. The average molecular weight is 293 g/mol. The molecule has 1 saturated heterocycles. The van der Waals surface area contributed by atoms with E-state index in [9.17, 15) is 0 Å². The Kier molecular flexibility index (Phi) is 4.16. The fourth-order valence-electron chi connectivity index (χ4n) is 6.04. The first-order valence-electron chi connectivity index (χ1n) is 9.09. The topological polar surface area (TPSA) is 12.5 Å². The first kappa shape index (κ1) is 15.8. The van der Waals surface area contributed by atoms with Crippen LogP contribution in [0.1, 0.15) is 59.8 Å². The summed E-state index contributed by atoms with van der Waals surface area (Å²) in [5, 5.41) is 0.